The maximum atomic E-state index is 12.4. The zero-order valence-corrected chi connectivity index (χ0v) is 11.6. The van der Waals surface area contributed by atoms with E-state index in [0.29, 0.717) is 0 Å². The lowest BCUT2D eigenvalue weighted by atomic mass is 10.0. The van der Waals surface area contributed by atoms with Crippen LogP contribution in [0.5, 0.6) is 0 Å². The van der Waals surface area contributed by atoms with Crippen LogP contribution in [-0.2, 0) is 15.6 Å². The van der Waals surface area contributed by atoms with Crippen molar-refractivity contribution in [3.8, 4) is 0 Å². The van der Waals surface area contributed by atoms with Crippen LogP contribution in [0.1, 0.15) is 23.3 Å². The summed E-state index contributed by atoms with van der Waals surface area (Å²) in [6.45, 7) is 1.48. The summed E-state index contributed by atoms with van der Waals surface area (Å²) < 4.78 is 12.4. The first-order chi connectivity index (χ1) is 9.18. The third-order valence-electron chi connectivity index (χ3n) is 2.81. The van der Waals surface area contributed by atoms with Crippen LogP contribution in [0, 0.1) is 0 Å². The Labute approximate surface area is 115 Å². The van der Waals surface area contributed by atoms with Crippen molar-refractivity contribution in [3.05, 3.63) is 71.8 Å². The molecule has 2 rings (SSSR count). The Morgan fingerprint density at radius 2 is 1.37 bits per heavy atom. The van der Waals surface area contributed by atoms with Gasteiger partial charge in [0.2, 0.25) is 0 Å². The van der Waals surface area contributed by atoms with Crippen molar-refractivity contribution in [1.29, 1.82) is 0 Å². The SMILES string of the molecule is CC(=O)C[S@](=O)C(c1ccccc1)c1ccccc1. The van der Waals surface area contributed by atoms with Crippen molar-refractivity contribution in [3.63, 3.8) is 0 Å². The summed E-state index contributed by atoms with van der Waals surface area (Å²) in [7, 11) is -1.24. The first-order valence-electron chi connectivity index (χ1n) is 6.15. The molecule has 0 unspecified atom stereocenters. The molecule has 19 heavy (non-hydrogen) atoms. The van der Waals surface area contributed by atoms with Gasteiger partial charge in [-0.05, 0) is 18.1 Å². The summed E-state index contributed by atoms with van der Waals surface area (Å²) in [5.41, 5.74) is 1.96. The van der Waals surface area contributed by atoms with Gasteiger partial charge in [-0.25, -0.2) is 0 Å². The Morgan fingerprint density at radius 3 is 1.74 bits per heavy atom. The van der Waals surface area contributed by atoms with E-state index in [1.165, 1.54) is 6.92 Å². The zero-order chi connectivity index (χ0) is 13.7. The molecule has 98 valence electrons. The fourth-order valence-corrected chi connectivity index (χ4v) is 3.52. The smallest absolute Gasteiger partial charge is 0.142 e. The topological polar surface area (TPSA) is 34.1 Å². The Morgan fingerprint density at radius 1 is 0.947 bits per heavy atom. The fourth-order valence-electron chi connectivity index (χ4n) is 2.04. The van der Waals surface area contributed by atoms with Crippen LogP contribution < -0.4 is 0 Å². The second-order valence-corrected chi connectivity index (χ2v) is 5.95. The van der Waals surface area contributed by atoms with Gasteiger partial charge in [0.05, 0.1) is 11.0 Å². The van der Waals surface area contributed by atoms with Crippen LogP contribution in [0.4, 0.5) is 0 Å². The molecule has 0 bridgehead atoms. The predicted octanol–water partition coefficient (Wildman–Crippen LogP) is 3.11. The highest BCUT2D eigenvalue weighted by Gasteiger charge is 2.21. The van der Waals surface area contributed by atoms with E-state index >= 15 is 0 Å². The van der Waals surface area contributed by atoms with Crippen molar-refractivity contribution < 1.29 is 9.00 Å². The molecule has 0 aromatic heterocycles. The number of hydrogen-bond acceptors (Lipinski definition) is 2. The van der Waals surface area contributed by atoms with Crippen LogP contribution in [0.2, 0.25) is 0 Å². The molecule has 2 aromatic rings. The molecule has 0 aliphatic carbocycles. The van der Waals surface area contributed by atoms with Crippen molar-refractivity contribution in [1.82, 2.24) is 0 Å². The van der Waals surface area contributed by atoms with E-state index in [4.69, 9.17) is 0 Å². The standard InChI is InChI=1S/C16H16O2S/c1-13(17)12-19(18)16(14-8-4-2-5-9-14)15-10-6-3-7-11-15/h2-11,16H,12H2,1H3/t19-/m0/s1. The Kier molecular flexibility index (Phi) is 4.63. The molecular formula is C16H16O2S. The average molecular weight is 272 g/mol. The summed E-state index contributed by atoms with van der Waals surface area (Å²) >= 11 is 0. The molecule has 0 amide bonds. The lowest BCUT2D eigenvalue weighted by Crippen LogP contribution is -2.15. The largest absolute Gasteiger partial charge is 0.299 e. The molecular weight excluding hydrogens is 256 g/mol. The van der Waals surface area contributed by atoms with Gasteiger partial charge in [-0.15, -0.1) is 0 Å². The molecule has 0 fully saturated rings. The van der Waals surface area contributed by atoms with E-state index in [2.05, 4.69) is 0 Å². The highest BCUT2D eigenvalue weighted by atomic mass is 32.2. The fraction of sp³-hybridized carbons (Fsp3) is 0.188. The van der Waals surface area contributed by atoms with Gasteiger partial charge in [0.25, 0.3) is 0 Å². The number of hydrogen-bond donors (Lipinski definition) is 0. The summed E-state index contributed by atoms with van der Waals surface area (Å²) in [4.78, 5) is 11.2. The molecule has 0 N–H and O–H groups in total. The van der Waals surface area contributed by atoms with Gasteiger partial charge >= 0.3 is 0 Å². The van der Waals surface area contributed by atoms with Crippen LogP contribution in [0.15, 0.2) is 60.7 Å². The second-order valence-electron chi connectivity index (χ2n) is 4.43. The van der Waals surface area contributed by atoms with E-state index in [9.17, 15) is 9.00 Å². The average Bonchev–Trinajstić information content (AvgIpc) is 2.40. The van der Waals surface area contributed by atoms with Crippen molar-refractivity contribution >= 4 is 16.6 Å². The summed E-state index contributed by atoms with van der Waals surface area (Å²) in [6, 6.07) is 19.4. The minimum absolute atomic E-state index is 0.0461. The summed E-state index contributed by atoms with van der Waals surface area (Å²) in [5.74, 6) is 0.0456. The zero-order valence-electron chi connectivity index (χ0n) is 10.8. The first-order valence-corrected chi connectivity index (χ1v) is 7.53. The van der Waals surface area contributed by atoms with Gasteiger partial charge in [-0.1, -0.05) is 60.7 Å². The third kappa shape index (κ3) is 3.61. The number of Topliss-reactive ketones (excluding diaryl/α,β-unsaturated/α-hetero) is 1. The van der Waals surface area contributed by atoms with Gasteiger partial charge < -0.3 is 0 Å². The normalized spacial score (nSPS) is 12.3. The Balaban J connectivity index is 2.40. The van der Waals surface area contributed by atoms with Gasteiger partial charge in [0.15, 0.2) is 0 Å². The highest BCUT2D eigenvalue weighted by molar-refractivity contribution is 7.86. The maximum Gasteiger partial charge on any atom is 0.142 e. The van der Waals surface area contributed by atoms with Crippen LogP contribution in [-0.4, -0.2) is 15.7 Å². The highest BCUT2D eigenvalue weighted by Crippen LogP contribution is 2.28. The maximum absolute atomic E-state index is 12.4. The predicted molar refractivity (Wildman–Crippen MR) is 78.4 cm³/mol. The second kappa shape index (κ2) is 6.43. The van der Waals surface area contributed by atoms with E-state index in [1.54, 1.807) is 0 Å². The van der Waals surface area contributed by atoms with Crippen molar-refractivity contribution in [2.45, 2.75) is 12.2 Å². The van der Waals surface area contributed by atoms with E-state index < -0.39 is 10.8 Å². The molecule has 3 heteroatoms. The minimum Gasteiger partial charge on any atom is -0.299 e. The molecule has 0 saturated heterocycles. The molecule has 1 atom stereocenters. The summed E-state index contributed by atoms with van der Waals surface area (Å²) in [5, 5.41) is -0.244. The van der Waals surface area contributed by atoms with Crippen LogP contribution in [0.25, 0.3) is 0 Å². The molecule has 0 spiro atoms. The number of carbonyl (C=O) groups is 1. The number of rotatable bonds is 5. The Hall–Kier alpha value is -1.74. The summed E-state index contributed by atoms with van der Waals surface area (Å²) in [6.07, 6.45) is 0. The molecule has 0 radical (unpaired) electrons. The number of benzene rings is 2. The molecule has 2 aromatic carbocycles. The van der Waals surface area contributed by atoms with Gasteiger partial charge in [0.1, 0.15) is 5.78 Å². The molecule has 2 nitrogen and oxygen atoms in total. The minimum atomic E-state index is -1.24. The lowest BCUT2D eigenvalue weighted by Gasteiger charge is -2.17. The number of ketones is 1. The van der Waals surface area contributed by atoms with E-state index in [1.807, 2.05) is 60.7 Å². The molecule has 0 saturated carbocycles. The van der Waals surface area contributed by atoms with Crippen LogP contribution in [0.3, 0.4) is 0 Å². The lowest BCUT2D eigenvalue weighted by molar-refractivity contribution is -0.114. The van der Waals surface area contributed by atoms with Gasteiger partial charge in [-0.2, -0.15) is 0 Å². The molecule has 0 aliphatic rings. The van der Waals surface area contributed by atoms with E-state index in [-0.39, 0.29) is 16.8 Å². The van der Waals surface area contributed by atoms with Crippen LogP contribution >= 0.6 is 0 Å². The molecule has 0 aliphatic heterocycles. The van der Waals surface area contributed by atoms with Gasteiger partial charge in [-0.3, -0.25) is 9.00 Å². The monoisotopic (exact) mass is 272 g/mol. The Bertz CT molecular complexity index is 524. The third-order valence-corrected chi connectivity index (χ3v) is 4.57. The van der Waals surface area contributed by atoms with Crippen molar-refractivity contribution in [2.75, 3.05) is 5.75 Å². The van der Waals surface area contributed by atoms with E-state index in [0.717, 1.165) is 11.1 Å². The quantitative estimate of drug-likeness (QED) is 0.838. The van der Waals surface area contributed by atoms with Gasteiger partial charge in [0, 0.05) is 10.8 Å². The number of carbonyl (C=O) groups excluding carboxylic acids is 1. The first kappa shape index (κ1) is 13.7. The van der Waals surface area contributed by atoms with Crippen molar-refractivity contribution in [2.24, 2.45) is 0 Å². The molecule has 0 heterocycles.